The van der Waals surface area contributed by atoms with Gasteiger partial charge in [-0.25, -0.2) is 0 Å². The Hall–Kier alpha value is -1.04. The molecule has 0 fully saturated rings. The van der Waals surface area contributed by atoms with Gasteiger partial charge < -0.3 is 5.32 Å². The van der Waals surface area contributed by atoms with E-state index in [1.807, 2.05) is 6.92 Å². The van der Waals surface area contributed by atoms with Crippen molar-refractivity contribution in [1.82, 2.24) is 25.9 Å². The summed E-state index contributed by atoms with van der Waals surface area (Å²) >= 11 is 4.88. The molecule has 10 heavy (non-hydrogen) atoms. The fraction of sp³-hybridized carbons (Fsp3) is 0.500. The molecule has 0 aromatic carbocycles. The number of rotatable bonds is 2. The third-order valence-corrected chi connectivity index (χ3v) is 1.21. The normalized spacial score (nSPS) is 9.30. The second-order valence-corrected chi connectivity index (χ2v) is 2.00. The summed E-state index contributed by atoms with van der Waals surface area (Å²) in [7, 11) is 0. The Morgan fingerprint density at radius 3 is 3.10 bits per heavy atom. The summed E-state index contributed by atoms with van der Waals surface area (Å²) < 4.78 is 0. The van der Waals surface area contributed by atoms with Crippen LogP contribution in [-0.4, -0.2) is 32.2 Å². The Morgan fingerprint density at radius 2 is 2.60 bits per heavy atom. The van der Waals surface area contributed by atoms with E-state index in [0.717, 1.165) is 6.54 Å². The van der Waals surface area contributed by atoms with Gasteiger partial charge in [-0.2, -0.15) is 5.21 Å². The maximum atomic E-state index is 4.88. The summed E-state index contributed by atoms with van der Waals surface area (Å²) in [6, 6.07) is 0. The Balaban J connectivity index is 2.59. The summed E-state index contributed by atoms with van der Waals surface area (Å²) in [5, 5.41) is 15.9. The number of hydrogen-bond acceptors (Lipinski definition) is 4. The highest BCUT2D eigenvalue weighted by Crippen LogP contribution is 1.83. The molecule has 6 heteroatoms. The van der Waals surface area contributed by atoms with Crippen LogP contribution in [0.2, 0.25) is 0 Å². The Morgan fingerprint density at radius 1 is 1.80 bits per heavy atom. The number of thiocarbonyl (C=S) groups is 1. The maximum absolute atomic E-state index is 4.88. The van der Waals surface area contributed by atoms with Crippen molar-refractivity contribution in [3.63, 3.8) is 0 Å². The van der Waals surface area contributed by atoms with Crippen molar-refractivity contribution < 1.29 is 0 Å². The molecule has 1 rings (SSSR count). The van der Waals surface area contributed by atoms with E-state index < -0.39 is 0 Å². The minimum absolute atomic E-state index is 0.442. The zero-order chi connectivity index (χ0) is 7.40. The molecule has 1 heterocycles. The molecular weight excluding hydrogens is 150 g/mol. The fourth-order valence-corrected chi connectivity index (χ4v) is 0.728. The summed E-state index contributed by atoms with van der Waals surface area (Å²) in [5.74, 6) is 0.442. The lowest BCUT2D eigenvalue weighted by atomic mass is 10.6. The first-order chi connectivity index (χ1) is 4.84. The third-order valence-electron chi connectivity index (χ3n) is 0.886. The highest BCUT2D eigenvalue weighted by atomic mass is 32.1. The van der Waals surface area contributed by atoms with Crippen molar-refractivity contribution in [2.45, 2.75) is 6.92 Å². The van der Waals surface area contributed by atoms with Gasteiger partial charge in [0.25, 0.3) is 0 Å². The minimum Gasteiger partial charge on any atom is -0.373 e. The molecule has 0 aliphatic rings. The van der Waals surface area contributed by atoms with E-state index in [4.69, 9.17) is 12.2 Å². The monoisotopic (exact) mass is 157 g/mol. The number of nitrogens with zero attached hydrogens (tertiary/aromatic N) is 3. The third kappa shape index (κ3) is 1.47. The van der Waals surface area contributed by atoms with Gasteiger partial charge in [0, 0.05) is 6.54 Å². The van der Waals surface area contributed by atoms with E-state index in [1.165, 1.54) is 0 Å². The lowest BCUT2D eigenvalue weighted by Crippen LogP contribution is -2.22. The second-order valence-electron chi connectivity index (χ2n) is 1.59. The Labute approximate surface area is 63.2 Å². The first-order valence-electron chi connectivity index (χ1n) is 2.86. The van der Waals surface area contributed by atoms with E-state index in [1.54, 1.807) is 0 Å². The average Bonchev–Trinajstić information content (AvgIpc) is 2.38. The fourth-order valence-electron chi connectivity index (χ4n) is 0.498. The van der Waals surface area contributed by atoms with Crippen LogP contribution in [0, 0.1) is 0 Å². The smallest absolute Gasteiger partial charge is 0.231 e. The van der Waals surface area contributed by atoms with Crippen molar-refractivity contribution in [2.75, 3.05) is 6.54 Å². The van der Waals surface area contributed by atoms with Gasteiger partial charge in [0.15, 0.2) is 0 Å². The number of hydrogen-bond donors (Lipinski definition) is 2. The molecule has 0 atom stereocenters. The van der Waals surface area contributed by atoms with Crippen LogP contribution < -0.4 is 5.32 Å². The molecule has 1 aromatic heterocycles. The molecule has 5 nitrogen and oxygen atoms in total. The number of nitrogens with one attached hydrogen (secondary N) is 2. The minimum atomic E-state index is 0.442. The zero-order valence-corrected chi connectivity index (χ0v) is 6.27. The van der Waals surface area contributed by atoms with E-state index in [9.17, 15) is 0 Å². The van der Waals surface area contributed by atoms with Gasteiger partial charge in [0.05, 0.1) is 0 Å². The van der Waals surface area contributed by atoms with Gasteiger partial charge in [-0.3, -0.25) is 0 Å². The van der Waals surface area contributed by atoms with Crippen LogP contribution in [0.1, 0.15) is 12.7 Å². The molecule has 1 aromatic rings. The molecule has 0 spiro atoms. The van der Waals surface area contributed by atoms with Crippen molar-refractivity contribution in [3.8, 4) is 0 Å². The number of aromatic nitrogens is 4. The molecule has 0 amide bonds. The second kappa shape index (κ2) is 3.21. The van der Waals surface area contributed by atoms with Crippen LogP contribution in [0.5, 0.6) is 0 Å². The topological polar surface area (TPSA) is 66.5 Å². The molecule has 0 unspecified atom stereocenters. The van der Waals surface area contributed by atoms with E-state index in [-0.39, 0.29) is 0 Å². The van der Waals surface area contributed by atoms with Gasteiger partial charge in [-0.15, -0.1) is 10.2 Å². The van der Waals surface area contributed by atoms with E-state index >= 15 is 0 Å². The van der Waals surface area contributed by atoms with Gasteiger partial charge in [-0.1, -0.05) is 12.2 Å². The van der Waals surface area contributed by atoms with Gasteiger partial charge >= 0.3 is 0 Å². The van der Waals surface area contributed by atoms with Crippen molar-refractivity contribution in [1.29, 1.82) is 0 Å². The first kappa shape index (κ1) is 7.07. The summed E-state index contributed by atoms with van der Waals surface area (Å²) in [6.45, 7) is 2.72. The highest BCUT2D eigenvalue weighted by Gasteiger charge is 2.02. The lowest BCUT2D eigenvalue weighted by Gasteiger charge is -1.96. The van der Waals surface area contributed by atoms with E-state index in [2.05, 4.69) is 25.9 Å². The van der Waals surface area contributed by atoms with Gasteiger partial charge in [-0.05, 0) is 12.1 Å². The predicted molar refractivity (Wildman–Crippen MR) is 39.6 cm³/mol. The number of aromatic amines is 1. The molecule has 2 N–H and O–H groups in total. The van der Waals surface area contributed by atoms with Crippen molar-refractivity contribution in [2.24, 2.45) is 0 Å². The molecule has 0 saturated carbocycles. The first-order valence-corrected chi connectivity index (χ1v) is 3.27. The SMILES string of the molecule is CCNC(=S)c1nn[nH]n1. The molecule has 0 aliphatic heterocycles. The van der Waals surface area contributed by atoms with Gasteiger partial charge in [0.1, 0.15) is 4.99 Å². The van der Waals surface area contributed by atoms with Crippen LogP contribution in [0.15, 0.2) is 0 Å². The molecule has 54 valence electrons. The summed E-state index contributed by atoms with van der Waals surface area (Å²) in [6.07, 6.45) is 0. The molecule has 0 bridgehead atoms. The Kier molecular flexibility index (Phi) is 2.27. The number of H-pyrrole nitrogens is 1. The molecule has 0 radical (unpaired) electrons. The predicted octanol–water partition coefficient (Wildman–Crippen LogP) is -0.515. The molecule has 0 aliphatic carbocycles. The average molecular weight is 157 g/mol. The molecule has 0 saturated heterocycles. The number of tetrazole rings is 1. The largest absolute Gasteiger partial charge is 0.373 e. The zero-order valence-electron chi connectivity index (χ0n) is 5.46. The highest BCUT2D eigenvalue weighted by molar-refractivity contribution is 7.80. The van der Waals surface area contributed by atoms with Crippen LogP contribution in [0.3, 0.4) is 0 Å². The van der Waals surface area contributed by atoms with Gasteiger partial charge in [0.2, 0.25) is 5.82 Å². The summed E-state index contributed by atoms with van der Waals surface area (Å²) in [4.78, 5) is 0.524. The quantitative estimate of drug-likeness (QED) is 0.566. The van der Waals surface area contributed by atoms with Crippen molar-refractivity contribution >= 4 is 17.2 Å². The van der Waals surface area contributed by atoms with Crippen LogP contribution >= 0.6 is 12.2 Å². The van der Waals surface area contributed by atoms with Crippen LogP contribution in [0.25, 0.3) is 0 Å². The molecular formula is C4H7N5S. The summed E-state index contributed by atoms with van der Waals surface area (Å²) in [5.41, 5.74) is 0. The van der Waals surface area contributed by atoms with E-state index in [0.29, 0.717) is 10.8 Å². The Bertz CT molecular complexity index is 205. The van der Waals surface area contributed by atoms with Crippen molar-refractivity contribution in [3.05, 3.63) is 5.82 Å². The maximum Gasteiger partial charge on any atom is 0.231 e. The lowest BCUT2D eigenvalue weighted by molar-refractivity contribution is 0.881. The van der Waals surface area contributed by atoms with Crippen LogP contribution in [0.4, 0.5) is 0 Å². The van der Waals surface area contributed by atoms with Crippen LogP contribution in [-0.2, 0) is 0 Å². The standard InChI is InChI=1S/C4H7N5S/c1-2-5-4(10)3-6-8-9-7-3/h2H2,1H3,(H,5,10)(H,6,7,8,9).